The van der Waals surface area contributed by atoms with Gasteiger partial charge in [-0.2, -0.15) is 13.2 Å². The number of pyridine rings is 1. The Morgan fingerprint density at radius 2 is 1.81 bits per heavy atom. The lowest BCUT2D eigenvalue weighted by atomic mass is 9.81. The van der Waals surface area contributed by atoms with Crippen LogP contribution >= 0.6 is 0 Å². The van der Waals surface area contributed by atoms with E-state index in [4.69, 9.17) is 0 Å². The van der Waals surface area contributed by atoms with Gasteiger partial charge >= 0.3 is 6.18 Å². The summed E-state index contributed by atoms with van der Waals surface area (Å²) in [6.07, 6.45) is 1.85. The van der Waals surface area contributed by atoms with Gasteiger partial charge in [0.1, 0.15) is 5.69 Å². The zero-order valence-electron chi connectivity index (χ0n) is 14.5. The Morgan fingerprint density at radius 1 is 1.12 bits per heavy atom. The Bertz CT molecular complexity index is 757. The number of sulfone groups is 1. The third-order valence-corrected chi connectivity index (χ3v) is 8.39. The van der Waals surface area contributed by atoms with Crippen LogP contribution in [0.3, 0.4) is 0 Å². The van der Waals surface area contributed by atoms with Crippen molar-refractivity contribution in [1.29, 1.82) is 0 Å². The normalized spacial score (nSPS) is 31.0. The second-order valence-corrected chi connectivity index (χ2v) is 10.3. The van der Waals surface area contributed by atoms with Gasteiger partial charge in [-0.05, 0) is 56.2 Å². The van der Waals surface area contributed by atoms with Gasteiger partial charge in [-0.15, -0.1) is 0 Å². The van der Waals surface area contributed by atoms with Crippen LogP contribution in [0.25, 0.3) is 0 Å². The van der Waals surface area contributed by atoms with Crippen LogP contribution in [0.15, 0.2) is 18.3 Å². The predicted octanol–water partition coefficient (Wildman–Crippen LogP) is 3.25. The topological polar surface area (TPSA) is 50.3 Å². The van der Waals surface area contributed by atoms with Gasteiger partial charge in [-0.3, -0.25) is 9.88 Å². The minimum atomic E-state index is -4.39. The Hall–Kier alpha value is -1.15. The summed E-state index contributed by atoms with van der Waals surface area (Å²) >= 11 is 0. The maximum Gasteiger partial charge on any atom is 0.433 e. The number of hydrogen-bond donors (Lipinski definition) is 0. The lowest BCUT2D eigenvalue weighted by Gasteiger charge is -2.40. The second-order valence-electron chi connectivity index (χ2n) is 8.23. The predicted molar refractivity (Wildman–Crippen MR) is 91.5 cm³/mol. The van der Waals surface area contributed by atoms with Gasteiger partial charge in [-0.25, -0.2) is 8.42 Å². The van der Waals surface area contributed by atoms with Crippen molar-refractivity contribution >= 4 is 9.84 Å². The summed E-state index contributed by atoms with van der Waals surface area (Å²) in [4.78, 5) is 6.02. The summed E-state index contributed by atoms with van der Waals surface area (Å²) in [5, 5.41) is 0. The van der Waals surface area contributed by atoms with Crippen molar-refractivity contribution in [3.8, 4) is 0 Å². The lowest BCUT2D eigenvalue weighted by molar-refractivity contribution is -0.141. The number of halogens is 3. The van der Waals surface area contributed by atoms with E-state index in [0.717, 1.165) is 56.8 Å². The van der Waals surface area contributed by atoms with Crippen LogP contribution in [0.1, 0.15) is 49.3 Å². The standard InChI is InChI=1S/C18H23F3N2O2S/c19-18(20,21)16-6-3-14(9-22-16)13-1-4-15(5-2-13)23-8-7-17(10-23)11-26(24,25)12-17/h3,6,9,13,15H,1-2,4-5,7-8,10-12H2. The molecule has 0 radical (unpaired) electrons. The number of alkyl halides is 3. The molecule has 8 heteroatoms. The Morgan fingerprint density at radius 3 is 2.35 bits per heavy atom. The fourth-order valence-electron chi connectivity index (χ4n) is 5.00. The Kier molecular flexibility index (Phi) is 4.34. The molecule has 0 amide bonds. The number of hydrogen-bond acceptors (Lipinski definition) is 4. The van der Waals surface area contributed by atoms with Crippen LogP contribution < -0.4 is 0 Å². The van der Waals surface area contributed by atoms with Crippen LogP contribution in [-0.4, -0.2) is 48.9 Å². The van der Waals surface area contributed by atoms with E-state index in [2.05, 4.69) is 9.88 Å². The average molecular weight is 388 g/mol. The van der Waals surface area contributed by atoms with Crippen molar-refractivity contribution in [2.75, 3.05) is 24.6 Å². The molecule has 26 heavy (non-hydrogen) atoms. The summed E-state index contributed by atoms with van der Waals surface area (Å²) in [6.45, 7) is 1.84. The third-order valence-electron chi connectivity index (χ3n) is 6.28. The first kappa shape index (κ1) is 18.2. The first-order chi connectivity index (χ1) is 12.2. The van der Waals surface area contributed by atoms with E-state index < -0.39 is 21.7 Å². The number of aromatic nitrogens is 1. The third kappa shape index (κ3) is 3.50. The Balaban J connectivity index is 1.32. The van der Waals surface area contributed by atoms with Gasteiger partial charge in [0.15, 0.2) is 9.84 Å². The molecule has 1 saturated carbocycles. The lowest BCUT2D eigenvalue weighted by Crippen LogP contribution is -2.51. The molecule has 0 atom stereocenters. The van der Waals surface area contributed by atoms with Crippen molar-refractivity contribution in [2.24, 2.45) is 5.41 Å². The summed E-state index contributed by atoms with van der Waals surface area (Å²) in [6, 6.07) is 3.10. The first-order valence-corrected chi connectivity index (χ1v) is 11.0. The summed E-state index contributed by atoms with van der Waals surface area (Å²) < 4.78 is 60.9. The molecule has 1 spiro atoms. The molecule has 3 fully saturated rings. The molecule has 0 N–H and O–H groups in total. The molecule has 3 heterocycles. The highest BCUT2D eigenvalue weighted by Crippen LogP contribution is 2.44. The number of rotatable bonds is 2. The van der Waals surface area contributed by atoms with E-state index in [-0.39, 0.29) is 11.3 Å². The van der Waals surface area contributed by atoms with E-state index in [9.17, 15) is 21.6 Å². The van der Waals surface area contributed by atoms with E-state index in [1.165, 1.54) is 6.20 Å². The van der Waals surface area contributed by atoms with Gasteiger partial charge in [-0.1, -0.05) is 6.07 Å². The molecule has 3 aliphatic rings. The van der Waals surface area contributed by atoms with Crippen LogP contribution in [0.4, 0.5) is 13.2 Å². The molecule has 0 aromatic carbocycles. The van der Waals surface area contributed by atoms with Crippen LogP contribution in [0.2, 0.25) is 0 Å². The SMILES string of the molecule is O=S1(=O)CC2(CCN(C3CCC(c4ccc(C(F)(F)F)nc4)CC3)C2)C1. The van der Waals surface area contributed by atoms with Gasteiger partial charge < -0.3 is 0 Å². The molecule has 2 aliphatic heterocycles. The van der Waals surface area contributed by atoms with Crippen molar-refractivity contribution in [3.05, 3.63) is 29.6 Å². The molecule has 1 aliphatic carbocycles. The molecular weight excluding hydrogens is 365 g/mol. The highest BCUT2D eigenvalue weighted by atomic mass is 32.2. The average Bonchev–Trinajstić information content (AvgIpc) is 2.98. The summed E-state index contributed by atoms with van der Waals surface area (Å²) in [5.74, 6) is 0.938. The maximum absolute atomic E-state index is 12.6. The van der Waals surface area contributed by atoms with Crippen molar-refractivity contribution in [3.63, 3.8) is 0 Å². The number of nitrogens with zero attached hydrogens (tertiary/aromatic N) is 2. The van der Waals surface area contributed by atoms with Gasteiger partial charge in [0.2, 0.25) is 0 Å². The van der Waals surface area contributed by atoms with E-state index in [1.54, 1.807) is 6.07 Å². The smallest absolute Gasteiger partial charge is 0.300 e. The minimum absolute atomic E-state index is 0.00692. The summed E-state index contributed by atoms with van der Waals surface area (Å²) in [7, 11) is -2.80. The fourth-order valence-corrected chi connectivity index (χ4v) is 7.25. The molecule has 0 unspecified atom stereocenters. The minimum Gasteiger partial charge on any atom is -0.300 e. The molecule has 1 aromatic heterocycles. The first-order valence-electron chi connectivity index (χ1n) is 9.14. The van der Waals surface area contributed by atoms with Gasteiger partial charge in [0.05, 0.1) is 11.5 Å². The van der Waals surface area contributed by atoms with Crippen LogP contribution in [0.5, 0.6) is 0 Å². The van der Waals surface area contributed by atoms with Crippen LogP contribution in [-0.2, 0) is 16.0 Å². The van der Waals surface area contributed by atoms with Crippen molar-refractivity contribution in [1.82, 2.24) is 9.88 Å². The molecule has 2 saturated heterocycles. The highest BCUT2D eigenvalue weighted by molar-refractivity contribution is 7.92. The van der Waals surface area contributed by atoms with Crippen LogP contribution in [0, 0.1) is 5.41 Å². The largest absolute Gasteiger partial charge is 0.433 e. The molecule has 1 aromatic rings. The zero-order valence-corrected chi connectivity index (χ0v) is 15.3. The monoisotopic (exact) mass is 388 g/mol. The molecule has 144 valence electrons. The summed E-state index contributed by atoms with van der Waals surface area (Å²) in [5.41, 5.74) is 0.0414. The highest BCUT2D eigenvalue weighted by Gasteiger charge is 2.52. The van der Waals surface area contributed by atoms with Crippen molar-refractivity contribution < 1.29 is 21.6 Å². The number of likely N-dealkylation sites (tertiary alicyclic amines) is 1. The quantitative estimate of drug-likeness (QED) is 0.781. The molecule has 4 nitrogen and oxygen atoms in total. The second kappa shape index (κ2) is 6.19. The molecular formula is C18H23F3N2O2S. The zero-order chi connectivity index (χ0) is 18.6. The molecule has 4 rings (SSSR count). The van der Waals surface area contributed by atoms with Gasteiger partial charge in [0.25, 0.3) is 0 Å². The maximum atomic E-state index is 12.6. The Labute approximate surface area is 151 Å². The molecule has 0 bridgehead atoms. The van der Waals surface area contributed by atoms with E-state index in [0.29, 0.717) is 17.5 Å². The van der Waals surface area contributed by atoms with E-state index in [1.807, 2.05) is 0 Å². The van der Waals surface area contributed by atoms with Crippen molar-refractivity contribution in [2.45, 2.75) is 50.2 Å². The van der Waals surface area contributed by atoms with E-state index >= 15 is 0 Å². The fraction of sp³-hybridized carbons (Fsp3) is 0.722. The van der Waals surface area contributed by atoms with Gasteiger partial charge in [0, 0.05) is 24.2 Å².